The van der Waals surface area contributed by atoms with Gasteiger partial charge >= 0.3 is 39.1 Å². The molecule has 1 unspecified atom stereocenters. The number of phosphoric acid groups is 5. The van der Waals surface area contributed by atoms with Crippen molar-refractivity contribution in [1.29, 1.82) is 0 Å². The van der Waals surface area contributed by atoms with Crippen LogP contribution in [0.4, 0.5) is 5.95 Å². The first-order chi connectivity index (χ1) is 18.3. The number of ether oxygens (including phenoxy) is 1. The average molecular weight is 701 g/mol. The molecule has 5 atom stereocenters. The molecular formula is C10H20N5O21P5. The summed E-state index contributed by atoms with van der Waals surface area (Å²) in [5.74, 6) is -0.233. The van der Waals surface area contributed by atoms with Crippen LogP contribution in [-0.4, -0.2) is 93.8 Å². The number of hydrogen-bond donors (Lipinski definition) is 12. The molecule has 0 spiro atoms. The molecule has 1 fully saturated rings. The number of phosphoric ester groups is 1. The highest BCUT2D eigenvalue weighted by molar-refractivity contribution is 7.66. The van der Waals surface area contributed by atoms with Gasteiger partial charge in [0.15, 0.2) is 17.4 Å². The van der Waals surface area contributed by atoms with Gasteiger partial charge in [0.2, 0.25) is 5.95 Å². The van der Waals surface area contributed by atoms with E-state index in [4.69, 9.17) is 44.7 Å². The molecule has 3 heterocycles. The molecule has 2 aromatic heterocycles. The molecule has 41 heavy (non-hydrogen) atoms. The van der Waals surface area contributed by atoms with Gasteiger partial charge in [-0.2, -0.15) is 17.9 Å². The molecule has 236 valence electrons. The fourth-order valence-electron chi connectivity index (χ4n) is 2.84. The summed E-state index contributed by atoms with van der Waals surface area (Å²) in [6, 6.07) is 0. The Balaban J connectivity index is 0.000000383. The summed E-state index contributed by atoms with van der Waals surface area (Å²) in [6.45, 7) is -0.870. The Morgan fingerprint density at radius 1 is 0.878 bits per heavy atom. The highest BCUT2D eigenvalue weighted by atomic mass is 31.3. The van der Waals surface area contributed by atoms with Gasteiger partial charge < -0.3 is 59.8 Å². The van der Waals surface area contributed by atoms with Crippen molar-refractivity contribution in [3.63, 3.8) is 0 Å². The van der Waals surface area contributed by atoms with Crippen molar-refractivity contribution < 1.29 is 94.4 Å². The van der Waals surface area contributed by atoms with Crippen LogP contribution in [-0.2, 0) is 45.0 Å². The van der Waals surface area contributed by atoms with Crippen LogP contribution >= 0.6 is 39.1 Å². The van der Waals surface area contributed by atoms with Crippen LogP contribution in [0.15, 0.2) is 11.1 Å². The second-order valence-electron chi connectivity index (χ2n) is 7.27. The van der Waals surface area contributed by atoms with E-state index in [2.05, 4.69) is 32.4 Å². The first-order valence-electron chi connectivity index (χ1n) is 9.64. The summed E-state index contributed by atoms with van der Waals surface area (Å²) < 4.78 is 73.0. The molecular weight excluding hydrogens is 681 g/mol. The molecule has 0 amide bonds. The van der Waals surface area contributed by atoms with Crippen molar-refractivity contribution in [2.45, 2.75) is 24.5 Å². The van der Waals surface area contributed by atoms with Gasteiger partial charge in [0.05, 0.1) is 12.9 Å². The molecule has 0 radical (unpaired) electrons. The largest absolute Gasteiger partial charge is 0.490 e. The van der Waals surface area contributed by atoms with Crippen molar-refractivity contribution in [3.05, 3.63) is 16.7 Å². The Morgan fingerprint density at radius 3 is 1.85 bits per heavy atom. The molecule has 0 aromatic carbocycles. The third kappa shape index (κ3) is 11.4. The van der Waals surface area contributed by atoms with Gasteiger partial charge in [-0.1, -0.05) is 0 Å². The van der Waals surface area contributed by atoms with E-state index in [0.29, 0.717) is 0 Å². The van der Waals surface area contributed by atoms with E-state index in [1.807, 2.05) is 0 Å². The molecule has 2 aromatic rings. The molecule has 1 saturated heterocycles. The molecule has 31 heteroatoms. The van der Waals surface area contributed by atoms with Crippen LogP contribution in [0.2, 0.25) is 0 Å². The van der Waals surface area contributed by atoms with Gasteiger partial charge in [0, 0.05) is 0 Å². The Labute approximate surface area is 224 Å². The minimum atomic E-state index is -5.46. The van der Waals surface area contributed by atoms with Gasteiger partial charge in [-0.05, 0) is 0 Å². The molecule has 13 N–H and O–H groups in total. The van der Waals surface area contributed by atoms with Crippen LogP contribution in [0.1, 0.15) is 6.23 Å². The Kier molecular flexibility index (Phi) is 11.2. The fourth-order valence-corrected chi connectivity index (χ4v) is 6.97. The van der Waals surface area contributed by atoms with Gasteiger partial charge in [-0.25, -0.2) is 27.8 Å². The number of imidazole rings is 1. The lowest BCUT2D eigenvalue weighted by Gasteiger charge is -2.17. The number of fused-ring (bicyclic) bond motifs is 1. The predicted molar refractivity (Wildman–Crippen MR) is 123 cm³/mol. The third-order valence-electron chi connectivity index (χ3n) is 4.09. The summed E-state index contributed by atoms with van der Waals surface area (Å²) in [5, 5.41) is 20.3. The standard InChI is InChI=1S/C10H15N5O11P2.H5O10P3/c11-10-13-7-4(8(18)14-10)12-2-15(7)9-6(17)5(16)3(25-9)1-24-28(22,23)26-27(19,20)21;1-11(2,3)9-13(7,8)10-12(4,5)6/h2-3,5-6,9,16-17H,1H2,(H,22,23)(H2,19,20,21)(H3,11,13,14,18);(H,7,8)(H2,1,2,3)(H2,4,5,6)/t3-,5-,6-,9-;/m1./s1. The lowest BCUT2D eigenvalue weighted by molar-refractivity contribution is -0.0503. The van der Waals surface area contributed by atoms with Crippen LogP contribution in [0.3, 0.4) is 0 Å². The highest BCUT2D eigenvalue weighted by Crippen LogP contribution is 2.64. The zero-order valence-corrected chi connectivity index (χ0v) is 23.7. The second kappa shape index (κ2) is 12.7. The van der Waals surface area contributed by atoms with Gasteiger partial charge in [0.25, 0.3) is 5.56 Å². The number of aliphatic hydroxyl groups is 2. The maximum absolute atomic E-state index is 11.8. The number of H-pyrrole nitrogens is 1. The molecule has 0 bridgehead atoms. The van der Waals surface area contributed by atoms with Crippen molar-refractivity contribution in [3.8, 4) is 0 Å². The van der Waals surface area contributed by atoms with Gasteiger partial charge in [0.1, 0.15) is 18.3 Å². The zero-order valence-electron chi connectivity index (χ0n) is 19.2. The van der Waals surface area contributed by atoms with Crippen LogP contribution in [0, 0.1) is 0 Å². The van der Waals surface area contributed by atoms with Crippen LogP contribution < -0.4 is 11.3 Å². The summed E-state index contributed by atoms with van der Waals surface area (Å²) >= 11 is 0. The van der Waals surface area contributed by atoms with E-state index in [1.54, 1.807) is 0 Å². The SMILES string of the molecule is Nc1nc2c(ncn2[C@@H]2O[C@H](COP(=O)(O)OP(=O)(O)O)[C@@H](O)[C@H]2O)c(=O)[nH]1.O=P(O)(O)OP(=O)(O)OP(=O)(O)O. The van der Waals surface area contributed by atoms with Crippen molar-refractivity contribution in [1.82, 2.24) is 19.5 Å². The number of aliphatic hydroxyl groups excluding tert-OH is 2. The average Bonchev–Trinajstić information content (AvgIpc) is 3.23. The first-order valence-corrected chi connectivity index (χ1v) is 17.2. The number of hydrogen-bond acceptors (Lipinski definition) is 16. The molecule has 0 saturated carbocycles. The lowest BCUT2D eigenvalue weighted by Crippen LogP contribution is -2.33. The van der Waals surface area contributed by atoms with E-state index in [1.165, 1.54) is 0 Å². The van der Waals surface area contributed by atoms with Crippen molar-refractivity contribution in [2.24, 2.45) is 0 Å². The molecule has 3 rings (SSSR count). The topological polar surface area (TPSA) is 423 Å². The minimum Gasteiger partial charge on any atom is -0.387 e. The number of aromatic nitrogens is 4. The van der Waals surface area contributed by atoms with E-state index in [9.17, 15) is 42.7 Å². The maximum Gasteiger partial charge on any atom is 0.490 e. The first kappa shape index (κ1) is 35.9. The number of anilines is 1. The second-order valence-corrected chi connectivity index (χ2v) is 14.3. The van der Waals surface area contributed by atoms with Crippen LogP contribution in [0.25, 0.3) is 11.2 Å². The van der Waals surface area contributed by atoms with Crippen molar-refractivity contribution in [2.75, 3.05) is 12.3 Å². The summed E-state index contributed by atoms with van der Waals surface area (Å²) in [7, 11) is -26.7. The number of aromatic amines is 1. The highest BCUT2D eigenvalue weighted by Gasteiger charge is 2.46. The summed E-state index contributed by atoms with van der Waals surface area (Å²) in [6.07, 6.45) is -4.88. The van der Waals surface area contributed by atoms with Crippen molar-refractivity contribution >= 4 is 56.2 Å². The molecule has 1 aliphatic rings. The lowest BCUT2D eigenvalue weighted by atomic mass is 10.1. The summed E-state index contributed by atoms with van der Waals surface area (Å²) in [5.41, 5.74) is 4.65. The predicted octanol–water partition coefficient (Wildman–Crippen LogP) is -3.15. The molecule has 1 aliphatic heterocycles. The Bertz CT molecular complexity index is 1510. The monoisotopic (exact) mass is 701 g/mol. The molecule has 0 aliphatic carbocycles. The van der Waals surface area contributed by atoms with Gasteiger partial charge in [-0.3, -0.25) is 18.9 Å². The minimum absolute atomic E-state index is 0.0586. The van der Waals surface area contributed by atoms with E-state index < -0.39 is 75.8 Å². The Hall–Kier alpha value is -1.30. The number of nitrogens with one attached hydrogen (secondary N) is 1. The van der Waals surface area contributed by atoms with E-state index in [0.717, 1.165) is 10.9 Å². The number of nitrogen functional groups attached to an aromatic ring is 1. The third-order valence-corrected chi connectivity index (χ3v) is 9.60. The quantitative estimate of drug-likeness (QED) is 0.109. The fraction of sp³-hybridized carbons (Fsp3) is 0.500. The maximum atomic E-state index is 11.8. The van der Waals surface area contributed by atoms with E-state index in [-0.39, 0.29) is 17.1 Å². The number of rotatable bonds is 10. The molecule has 26 nitrogen and oxygen atoms in total. The normalized spacial score (nSPS) is 23.7. The smallest absolute Gasteiger partial charge is 0.387 e. The van der Waals surface area contributed by atoms with Gasteiger partial charge in [-0.15, -0.1) is 0 Å². The zero-order chi connectivity index (χ0) is 31.8. The van der Waals surface area contributed by atoms with Crippen LogP contribution in [0.5, 0.6) is 0 Å². The Morgan fingerprint density at radius 2 is 1.37 bits per heavy atom. The van der Waals surface area contributed by atoms with E-state index >= 15 is 0 Å². The summed E-state index contributed by atoms with van der Waals surface area (Å²) in [4.78, 5) is 88.3. The number of nitrogens with two attached hydrogens (primary N) is 1. The number of nitrogens with zero attached hydrogens (tertiary/aromatic N) is 3.